The molecule has 168 valence electrons. The number of ether oxygens (including phenoxy) is 1. The molecule has 0 amide bonds. The van der Waals surface area contributed by atoms with Crippen LogP contribution in [-0.4, -0.2) is 33.8 Å². The number of hydrogen-bond acceptors (Lipinski definition) is 3. The van der Waals surface area contributed by atoms with Gasteiger partial charge in [-0.1, -0.05) is 58.8 Å². The normalized spacial score (nSPS) is 15.9. The molecule has 0 fully saturated rings. The van der Waals surface area contributed by atoms with Crippen LogP contribution in [0.5, 0.6) is 0 Å². The van der Waals surface area contributed by atoms with Crippen molar-refractivity contribution in [3.63, 3.8) is 0 Å². The number of carbonyl (C=O) groups excluding carboxylic acids is 1. The fraction of sp³-hybridized carbons (Fsp3) is 0.950. The summed E-state index contributed by atoms with van der Waals surface area (Å²) in [6.45, 7) is 8.88. The summed E-state index contributed by atoms with van der Waals surface area (Å²) < 4.78 is 59.9. The molecule has 0 rings (SSSR count). The Hall–Kier alpha value is -0.630. The maximum atomic E-state index is 13.7. The van der Waals surface area contributed by atoms with Crippen LogP contribution in [0.3, 0.4) is 0 Å². The zero-order chi connectivity index (χ0) is 21.8. The molecule has 28 heavy (non-hydrogen) atoms. The fourth-order valence-electron chi connectivity index (χ4n) is 2.66. The quantitative estimate of drug-likeness (QED) is 0.285. The number of alkyl halides is 3. The zero-order valence-electron chi connectivity index (χ0n) is 18.0. The molecule has 1 N–H and O–H groups in total. The van der Waals surface area contributed by atoms with Crippen molar-refractivity contribution in [2.45, 2.75) is 109 Å². The van der Waals surface area contributed by atoms with Crippen LogP contribution in [0.4, 0.5) is 13.2 Å². The monoisotopic (exact) mass is 429 g/mol. The van der Waals surface area contributed by atoms with E-state index in [-0.39, 0.29) is 13.0 Å². The molecule has 0 saturated carbocycles. The van der Waals surface area contributed by atoms with Crippen LogP contribution < -0.4 is 4.72 Å². The molecular formula is C20H38F3NO3S. The molecule has 0 radical (unpaired) electrons. The Kier molecular flexibility index (Phi) is 13.3. The SMILES string of the molecule is CCCCCCCC[C@H](C(=O)OCCCC)[C@H](N[S@@](=O)C(C)(C)C)C(F)(F)F. The highest BCUT2D eigenvalue weighted by Crippen LogP contribution is 2.31. The summed E-state index contributed by atoms with van der Waals surface area (Å²) in [5, 5.41) is 0. The molecular weight excluding hydrogens is 391 g/mol. The molecule has 3 atom stereocenters. The molecule has 0 aromatic heterocycles. The summed E-state index contributed by atoms with van der Waals surface area (Å²) in [6.07, 6.45) is 2.19. The number of halogens is 3. The van der Waals surface area contributed by atoms with Crippen LogP contribution in [0.25, 0.3) is 0 Å². The van der Waals surface area contributed by atoms with E-state index in [1.165, 1.54) is 0 Å². The van der Waals surface area contributed by atoms with Gasteiger partial charge in [-0.05, 0) is 33.6 Å². The van der Waals surface area contributed by atoms with E-state index >= 15 is 0 Å². The summed E-state index contributed by atoms with van der Waals surface area (Å²) in [7, 11) is -1.95. The number of unbranched alkanes of at least 4 members (excludes halogenated alkanes) is 6. The third-order valence-corrected chi connectivity index (χ3v) is 6.04. The summed E-state index contributed by atoms with van der Waals surface area (Å²) in [5.74, 6) is -2.25. The van der Waals surface area contributed by atoms with Crippen LogP contribution in [0.1, 0.15) is 92.4 Å². The molecule has 0 bridgehead atoms. The Morgan fingerprint density at radius 2 is 1.50 bits per heavy atom. The van der Waals surface area contributed by atoms with E-state index in [2.05, 4.69) is 11.6 Å². The lowest BCUT2D eigenvalue weighted by Crippen LogP contribution is -2.53. The maximum absolute atomic E-state index is 13.7. The first-order chi connectivity index (χ1) is 12.9. The van der Waals surface area contributed by atoms with Gasteiger partial charge in [0, 0.05) is 0 Å². The minimum Gasteiger partial charge on any atom is -0.465 e. The summed E-state index contributed by atoms with van der Waals surface area (Å²) in [4.78, 5) is 12.4. The summed E-state index contributed by atoms with van der Waals surface area (Å²) in [6, 6.07) is -2.18. The van der Waals surface area contributed by atoms with Crippen molar-refractivity contribution in [2.75, 3.05) is 6.61 Å². The smallest absolute Gasteiger partial charge is 0.405 e. The average Bonchev–Trinajstić information content (AvgIpc) is 2.57. The molecule has 0 aliphatic rings. The van der Waals surface area contributed by atoms with E-state index in [0.717, 1.165) is 38.5 Å². The molecule has 0 aliphatic heterocycles. The first-order valence-corrected chi connectivity index (χ1v) is 11.5. The van der Waals surface area contributed by atoms with Gasteiger partial charge >= 0.3 is 12.1 Å². The lowest BCUT2D eigenvalue weighted by atomic mass is 9.93. The highest BCUT2D eigenvalue weighted by molar-refractivity contribution is 7.84. The number of carbonyl (C=O) groups is 1. The Morgan fingerprint density at radius 3 is 2.00 bits per heavy atom. The fourth-order valence-corrected chi connectivity index (χ4v) is 3.54. The Morgan fingerprint density at radius 1 is 0.964 bits per heavy atom. The third kappa shape index (κ3) is 11.4. The Bertz CT molecular complexity index is 465. The standard InChI is InChI=1S/C20H38F3NO3S/c1-6-8-10-11-12-13-14-16(18(25)27-15-9-7-2)17(20(21,22)23)24-28(26)19(3,4)5/h16-17,24H,6-15H2,1-5H3/t16-,17-,28-/m0/s1. The molecule has 0 aliphatic carbocycles. The Balaban J connectivity index is 5.23. The van der Waals surface area contributed by atoms with Crippen LogP contribution in [0.15, 0.2) is 0 Å². The van der Waals surface area contributed by atoms with Crippen LogP contribution in [-0.2, 0) is 20.5 Å². The lowest BCUT2D eigenvalue weighted by molar-refractivity contribution is -0.179. The molecule has 8 heteroatoms. The maximum Gasteiger partial charge on any atom is 0.405 e. The highest BCUT2D eigenvalue weighted by Gasteiger charge is 2.49. The van der Waals surface area contributed by atoms with Gasteiger partial charge in [0.25, 0.3) is 0 Å². The molecule has 0 spiro atoms. The molecule has 0 unspecified atom stereocenters. The minimum absolute atomic E-state index is 0.0651. The minimum atomic E-state index is -4.70. The van der Waals surface area contributed by atoms with Gasteiger partial charge in [0.1, 0.15) is 6.04 Å². The van der Waals surface area contributed by atoms with Crippen LogP contribution in [0.2, 0.25) is 0 Å². The van der Waals surface area contributed by atoms with Crippen LogP contribution >= 0.6 is 0 Å². The van der Waals surface area contributed by atoms with Crippen molar-refractivity contribution < 1.29 is 26.9 Å². The van der Waals surface area contributed by atoms with Crippen molar-refractivity contribution in [1.82, 2.24) is 4.72 Å². The van der Waals surface area contributed by atoms with Gasteiger partial charge in [-0.3, -0.25) is 4.79 Å². The topological polar surface area (TPSA) is 55.4 Å². The highest BCUT2D eigenvalue weighted by atomic mass is 32.2. The van der Waals surface area contributed by atoms with Gasteiger partial charge in [0.15, 0.2) is 0 Å². The number of nitrogens with one attached hydrogen (secondary N) is 1. The van der Waals surface area contributed by atoms with Crippen molar-refractivity contribution in [1.29, 1.82) is 0 Å². The second kappa shape index (κ2) is 13.6. The number of hydrogen-bond donors (Lipinski definition) is 1. The van der Waals surface area contributed by atoms with E-state index in [1.54, 1.807) is 20.8 Å². The van der Waals surface area contributed by atoms with Gasteiger partial charge in [0.05, 0.1) is 28.3 Å². The van der Waals surface area contributed by atoms with Gasteiger partial charge in [-0.15, -0.1) is 0 Å². The van der Waals surface area contributed by atoms with Gasteiger partial charge < -0.3 is 4.74 Å². The zero-order valence-corrected chi connectivity index (χ0v) is 18.8. The first-order valence-electron chi connectivity index (χ1n) is 10.4. The van der Waals surface area contributed by atoms with Crippen molar-refractivity contribution >= 4 is 17.0 Å². The predicted molar refractivity (Wildman–Crippen MR) is 108 cm³/mol. The molecule has 0 aromatic rings. The summed E-state index contributed by atoms with van der Waals surface area (Å²) in [5.41, 5.74) is 0. The van der Waals surface area contributed by atoms with E-state index in [4.69, 9.17) is 4.74 Å². The molecule has 4 nitrogen and oxygen atoms in total. The van der Waals surface area contributed by atoms with E-state index in [0.29, 0.717) is 12.8 Å². The number of rotatable bonds is 14. The van der Waals surface area contributed by atoms with Gasteiger partial charge in [0.2, 0.25) is 0 Å². The van der Waals surface area contributed by atoms with E-state index in [9.17, 15) is 22.2 Å². The second-order valence-corrected chi connectivity index (χ2v) is 10.2. The van der Waals surface area contributed by atoms with E-state index in [1.807, 2.05) is 6.92 Å². The average molecular weight is 430 g/mol. The van der Waals surface area contributed by atoms with Crippen molar-refractivity contribution in [2.24, 2.45) is 5.92 Å². The summed E-state index contributed by atoms with van der Waals surface area (Å²) >= 11 is 0. The first kappa shape index (κ1) is 27.4. The largest absolute Gasteiger partial charge is 0.465 e. The predicted octanol–water partition coefficient (Wildman–Crippen LogP) is 5.68. The van der Waals surface area contributed by atoms with Crippen molar-refractivity contribution in [3.05, 3.63) is 0 Å². The van der Waals surface area contributed by atoms with Crippen molar-refractivity contribution in [3.8, 4) is 0 Å². The van der Waals surface area contributed by atoms with Gasteiger partial charge in [-0.2, -0.15) is 13.2 Å². The second-order valence-electron chi connectivity index (χ2n) is 8.20. The molecule has 0 heterocycles. The molecule has 0 aromatic carbocycles. The van der Waals surface area contributed by atoms with Gasteiger partial charge in [-0.25, -0.2) is 8.93 Å². The van der Waals surface area contributed by atoms with Crippen LogP contribution in [0, 0.1) is 5.92 Å². The Labute approximate surface area is 171 Å². The molecule has 0 saturated heterocycles. The van der Waals surface area contributed by atoms with E-state index < -0.39 is 39.8 Å². The lowest BCUT2D eigenvalue weighted by Gasteiger charge is -2.30. The third-order valence-electron chi connectivity index (χ3n) is 4.46. The number of esters is 1.